The quantitative estimate of drug-likeness (QED) is 0.0349. The number of esters is 1. The maximum Gasteiger partial charge on any atom is 0.312 e. The van der Waals surface area contributed by atoms with E-state index < -0.39 is 88.6 Å². The first-order valence-electron chi connectivity index (χ1n) is 31.9. The molecule has 5 heterocycles. The molecule has 95 heavy (non-hydrogen) atoms. The minimum Gasteiger partial charge on any atom is -0.505 e. The molecule has 6 aromatic carbocycles. The first-order valence-corrected chi connectivity index (χ1v) is 31.9. The molecule has 498 valence electrons. The molecule has 0 saturated carbocycles. The van der Waals surface area contributed by atoms with Gasteiger partial charge in [-0.25, -0.2) is 4.98 Å². The topological polar surface area (TPSA) is 292 Å². The number of nitrogens with zero attached hydrogens (tertiary/aromatic N) is 4. The van der Waals surface area contributed by atoms with Crippen LogP contribution < -0.4 is 30.9 Å². The van der Waals surface area contributed by atoms with Crippen molar-refractivity contribution < 1.29 is 72.1 Å². The Kier molecular flexibility index (Phi) is 19.6. The largest absolute Gasteiger partial charge is 0.505 e. The lowest BCUT2D eigenvalue weighted by molar-refractivity contribution is -0.160. The molecule has 9 atom stereocenters. The zero-order chi connectivity index (χ0) is 67.7. The van der Waals surface area contributed by atoms with E-state index in [0.717, 1.165) is 41.9 Å². The number of rotatable bonds is 11. The molecule has 6 N–H and O–H groups in total. The summed E-state index contributed by atoms with van der Waals surface area (Å²) in [5.41, 5.74) is 9.38. The van der Waals surface area contributed by atoms with Gasteiger partial charge in [0.25, 0.3) is 17.6 Å². The summed E-state index contributed by atoms with van der Waals surface area (Å²) in [6.45, 7) is 17.8. The molecule has 4 bridgehead atoms. The third-order valence-electron chi connectivity index (χ3n) is 18.9. The Balaban J connectivity index is 1.02. The first kappa shape index (κ1) is 67.0. The average molecular weight is 1300 g/mol. The summed E-state index contributed by atoms with van der Waals surface area (Å²) >= 11 is 0. The van der Waals surface area contributed by atoms with E-state index in [2.05, 4.69) is 27.2 Å². The number of hydrogen-bond acceptors (Lipinski definition) is 19. The number of aromatic nitrogens is 1. The number of phenols is 1. The fourth-order valence-corrected chi connectivity index (χ4v) is 13.1. The highest BCUT2D eigenvalue weighted by molar-refractivity contribution is 6.26. The highest BCUT2D eigenvalue weighted by Crippen LogP contribution is 2.49. The number of ketones is 1. The second-order valence-electron chi connectivity index (χ2n) is 25.3. The number of carbonyl (C=O) groups is 5. The molecule has 7 aromatic rings. The average Bonchev–Trinajstić information content (AvgIpc) is 1.67. The van der Waals surface area contributed by atoms with Gasteiger partial charge in [0, 0.05) is 136 Å². The van der Waals surface area contributed by atoms with Crippen molar-refractivity contribution >= 4 is 73.8 Å². The standard InChI is InChI=1S/C73H80N6O16/c1-39-11-10-12-40(2)71(87)76-61-65(84)57-56(58-67(44(6)64(57)83)95-73(8,69(58)85)92-32-25-53(89-9)41(3)66(93-45(7)80)43(5)63(82)42(4)62(39)81)60-68(61)94-55-36-52(35-54(59(55)75-60)91-38-47-15-13-46(14-16-47)37-77-30-33-90-34-31-77)78-26-28-79(29-27-78)72(88)51-23-19-49(20-24-51)48-17-21-50(22-18-48)70(74)86/h10-25,32,35-36,39,41-43,53,62-63,66,81-82,84H,26-31,33-34,37-38H2,1-9H3,(H2,74,86)(H,76,87)/b11-10+,32-25+,40-12-/t39-,41+,42+,43+,53-,62-,63+,66+,73-/m0/s1. The third kappa shape index (κ3) is 13.6. The Morgan fingerprint density at radius 2 is 1.44 bits per heavy atom. The lowest BCUT2D eigenvalue weighted by Gasteiger charge is -2.38. The van der Waals surface area contributed by atoms with Gasteiger partial charge in [-0.1, -0.05) is 94.5 Å². The second-order valence-corrected chi connectivity index (χ2v) is 25.3. The number of primary amides is 1. The number of ether oxygens (including phenoxy) is 6. The Labute approximate surface area is 549 Å². The number of phenolic OH excluding ortho intramolecular Hbond substituents is 1. The molecule has 0 spiro atoms. The summed E-state index contributed by atoms with van der Waals surface area (Å²) in [4.78, 5) is 94.7. The zero-order valence-electron chi connectivity index (χ0n) is 54.7. The Morgan fingerprint density at radius 3 is 2.08 bits per heavy atom. The van der Waals surface area contributed by atoms with Crippen molar-refractivity contribution in [2.75, 3.05) is 69.8 Å². The van der Waals surface area contributed by atoms with Gasteiger partial charge in [-0.15, -0.1) is 0 Å². The lowest BCUT2D eigenvalue weighted by atomic mass is 9.78. The number of allylic oxidation sites excluding steroid dienone is 2. The van der Waals surface area contributed by atoms with E-state index in [-0.39, 0.29) is 79.4 Å². The summed E-state index contributed by atoms with van der Waals surface area (Å²) in [5, 5.41) is 38.4. The molecule has 22 heteroatoms. The highest BCUT2D eigenvalue weighted by atomic mass is 16.7. The van der Waals surface area contributed by atoms with Gasteiger partial charge < -0.3 is 69.0 Å². The molecule has 4 aliphatic rings. The minimum atomic E-state index is -2.15. The van der Waals surface area contributed by atoms with Gasteiger partial charge in [-0.2, -0.15) is 0 Å². The summed E-state index contributed by atoms with van der Waals surface area (Å²) < 4.78 is 43.7. The van der Waals surface area contributed by atoms with Crippen molar-refractivity contribution in [3.63, 3.8) is 0 Å². The lowest BCUT2D eigenvalue weighted by Crippen LogP contribution is -2.48. The molecular formula is C73H80N6O16. The number of benzene rings is 6. The molecule has 0 unspecified atom stereocenters. The van der Waals surface area contributed by atoms with Gasteiger partial charge in [0.2, 0.25) is 5.91 Å². The number of aliphatic hydroxyl groups excluding tert-OH is 2. The number of nitrogens with two attached hydrogens (primary N) is 1. The number of aromatic hydroxyl groups is 1. The van der Waals surface area contributed by atoms with Crippen LogP contribution in [-0.4, -0.2) is 149 Å². The Morgan fingerprint density at radius 1 is 0.789 bits per heavy atom. The minimum absolute atomic E-state index is 0.0611. The number of hydrogen-bond donors (Lipinski definition) is 5. The van der Waals surface area contributed by atoms with Gasteiger partial charge in [0.05, 0.1) is 48.7 Å². The second kappa shape index (κ2) is 27.9. The van der Waals surface area contributed by atoms with Crippen molar-refractivity contribution in [2.45, 2.75) is 98.7 Å². The summed E-state index contributed by atoms with van der Waals surface area (Å²) in [5.74, 6) is -8.27. The van der Waals surface area contributed by atoms with Crippen LogP contribution in [0.3, 0.4) is 0 Å². The molecule has 4 aliphatic heterocycles. The SMILES string of the molecule is CO[C@H]1/C=C/O[C@@]2(C)Oc3c(C)c(=O)c4c(O)c(c5oc6cc(N7CCN(C(=O)c8ccc(-c9ccc(C(N)=O)cc9)cc8)CC7)cc(OCc7ccc(CN8CCOCC8)cc7)c6nc5c4c3C2=O)NC(=O)/C(C)=C\C=C\[C@H](C)[C@H](O)[C@@H](C)[C@@H](O)[C@@H](C)[C@H](OC(C)=O)[C@@H]1C. The van der Waals surface area contributed by atoms with E-state index in [4.69, 9.17) is 43.6 Å². The number of carbonyl (C=O) groups excluding carboxylic acids is 5. The van der Waals surface area contributed by atoms with Gasteiger partial charge in [0.15, 0.2) is 28.1 Å². The van der Waals surface area contributed by atoms with Crippen molar-refractivity contribution in [1.29, 1.82) is 0 Å². The van der Waals surface area contributed by atoms with E-state index in [1.165, 1.54) is 53.2 Å². The maximum atomic E-state index is 15.4. The van der Waals surface area contributed by atoms with Crippen molar-refractivity contribution in [3.8, 4) is 28.4 Å². The molecular weight excluding hydrogens is 1220 g/mol. The molecule has 0 aliphatic carbocycles. The zero-order valence-corrected chi connectivity index (χ0v) is 54.7. The molecule has 1 aromatic heterocycles. The number of fused-ring (bicyclic) bond motifs is 2. The van der Waals surface area contributed by atoms with Crippen LogP contribution in [0.15, 0.2) is 130 Å². The van der Waals surface area contributed by atoms with Crippen LogP contribution >= 0.6 is 0 Å². The number of methoxy groups -OCH3 is 1. The van der Waals surface area contributed by atoms with Crippen molar-refractivity contribution in [2.24, 2.45) is 29.4 Å². The molecule has 3 amide bonds. The predicted octanol–water partition coefficient (Wildman–Crippen LogP) is 9.14. The maximum absolute atomic E-state index is 15.4. The van der Waals surface area contributed by atoms with E-state index in [1.54, 1.807) is 87.2 Å². The van der Waals surface area contributed by atoms with Crippen molar-refractivity contribution in [3.05, 3.63) is 165 Å². The van der Waals surface area contributed by atoms with Gasteiger partial charge >= 0.3 is 11.8 Å². The normalized spacial score (nSPS) is 25.2. The third-order valence-corrected chi connectivity index (χ3v) is 18.9. The highest BCUT2D eigenvalue weighted by Gasteiger charge is 2.50. The molecule has 11 rings (SSSR count). The number of nitrogens with one attached hydrogen (secondary N) is 1. The Hall–Kier alpha value is -9.45. The van der Waals surface area contributed by atoms with Crippen LogP contribution in [0.25, 0.3) is 44.1 Å². The van der Waals surface area contributed by atoms with E-state index in [1.807, 2.05) is 30.3 Å². The van der Waals surface area contributed by atoms with Crippen LogP contribution in [-0.2, 0) is 41.7 Å². The summed E-state index contributed by atoms with van der Waals surface area (Å²) in [7, 11) is 1.44. The van der Waals surface area contributed by atoms with Crippen LogP contribution in [0, 0.1) is 30.6 Å². The number of piperazine rings is 1. The summed E-state index contributed by atoms with van der Waals surface area (Å²) in [6.07, 6.45) is 3.36. The van der Waals surface area contributed by atoms with Crippen LogP contribution in [0.1, 0.15) is 96.2 Å². The van der Waals surface area contributed by atoms with Crippen molar-refractivity contribution in [1.82, 2.24) is 14.8 Å². The molecule has 2 fully saturated rings. The van der Waals surface area contributed by atoms with Gasteiger partial charge in [-0.3, -0.25) is 33.7 Å². The van der Waals surface area contributed by atoms with Gasteiger partial charge in [-0.05, 0) is 66.4 Å². The number of anilines is 2. The molecule has 0 radical (unpaired) electrons. The number of aliphatic hydroxyl groups is 2. The smallest absolute Gasteiger partial charge is 0.312 e. The summed E-state index contributed by atoms with van der Waals surface area (Å²) in [6, 6.07) is 25.8. The number of amides is 3. The van der Waals surface area contributed by atoms with E-state index in [9.17, 15) is 39.3 Å². The fourth-order valence-electron chi connectivity index (χ4n) is 13.1. The van der Waals surface area contributed by atoms with Crippen LogP contribution in [0.2, 0.25) is 0 Å². The first-order chi connectivity index (χ1) is 45.4. The number of Topliss-reactive ketones (excluding diaryl/α,β-unsaturated/α-hetero) is 1. The van der Waals surface area contributed by atoms with E-state index >= 15 is 4.79 Å². The molecule has 22 nitrogen and oxygen atoms in total. The van der Waals surface area contributed by atoms with E-state index in [0.29, 0.717) is 56.2 Å². The number of morpholine rings is 1. The predicted molar refractivity (Wildman–Crippen MR) is 357 cm³/mol. The molecule has 2 saturated heterocycles. The van der Waals surface area contributed by atoms with Crippen LogP contribution in [0.4, 0.5) is 11.4 Å². The van der Waals surface area contributed by atoms with Gasteiger partial charge in [0.1, 0.15) is 35.2 Å². The monoisotopic (exact) mass is 1300 g/mol. The van der Waals surface area contributed by atoms with Crippen LogP contribution in [0.5, 0.6) is 17.2 Å². The fraction of sp³-hybridized carbons (Fsp3) is 0.384. The Bertz CT molecular complexity index is 4270.